The normalized spacial score (nSPS) is 10.9. The molecule has 0 aliphatic rings. The zero-order chi connectivity index (χ0) is 21.1. The van der Waals surface area contributed by atoms with Gasteiger partial charge >= 0.3 is 5.97 Å². The molecule has 29 heavy (non-hydrogen) atoms. The summed E-state index contributed by atoms with van der Waals surface area (Å²) < 4.78 is 5.45. The Balaban J connectivity index is 1.82. The summed E-state index contributed by atoms with van der Waals surface area (Å²) in [6.07, 6.45) is 1.52. The maximum absolute atomic E-state index is 11.1. The van der Waals surface area contributed by atoms with E-state index in [1.165, 1.54) is 18.4 Å². The van der Waals surface area contributed by atoms with Crippen LogP contribution in [-0.4, -0.2) is 26.9 Å². The van der Waals surface area contributed by atoms with Crippen molar-refractivity contribution in [3.05, 3.63) is 59.7 Å². The van der Waals surface area contributed by atoms with Crippen molar-refractivity contribution < 1.29 is 19.4 Å². The molecule has 3 aromatic rings. The Kier molecular flexibility index (Phi) is 5.54. The Morgan fingerprint density at radius 1 is 1.31 bits per heavy atom. The van der Waals surface area contributed by atoms with Crippen LogP contribution in [0.2, 0.25) is 0 Å². The topological polar surface area (TPSA) is 145 Å². The summed E-state index contributed by atoms with van der Waals surface area (Å²) in [4.78, 5) is 15.5. The average molecular weight is 394 g/mol. The Morgan fingerprint density at radius 2 is 2.07 bits per heavy atom. The number of nitrogen functional groups attached to an aromatic ring is 1. The van der Waals surface area contributed by atoms with Gasteiger partial charge in [0.25, 0.3) is 0 Å². The summed E-state index contributed by atoms with van der Waals surface area (Å²) in [6.45, 7) is 4.22. The highest BCUT2D eigenvalue weighted by atomic mass is 16.4. The van der Waals surface area contributed by atoms with Gasteiger partial charge in [0.2, 0.25) is 0 Å². The minimum absolute atomic E-state index is 0.0811. The molecule has 2 aromatic carbocycles. The van der Waals surface area contributed by atoms with Crippen molar-refractivity contribution in [1.29, 1.82) is 5.41 Å². The molecular weight excluding hydrogens is 372 g/mol. The van der Waals surface area contributed by atoms with Gasteiger partial charge in [-0.15, -0.1) is 0 Å². The number of para-hydroxylation sites is 1. The number of carbonyl (C=O) groups is 1. The SMILES string of the molecule is CC(C)c1nc(-c2cccc(CNc3ccc(N)c(C(=N)C(=O)O)c3)c2O)co1. The first-order valence-electron chi connectivity index (χ1n) is 9.00. The predicted octanol–water partition coefficient (Wildman–Crippen LogP) is 3.82. The van der Waals surface area contributed by atoms with Crippen LogP contribution in [-0.2, 0) is 11.3 Å². The third-order valence-corrected chi connectivity index (χ3v) is 4.43. The monoisotopic (exact) mass is 394 g/mol. The number of anilines is 2. The Bertz CT molecular complexity index is 1070. The maximum Gasteiger partial charge on any atom is 0.354 e. The fourth-order valence-electron chi connectivity index (χ4n) is 2.81. The number of aromatic hydroxyl groups is 1. The van der Waals surface area contributed by atoms with Gasteiger partial charge in [0.1, 0.15) is 23.4 Å². The number of rotatable bonds is 7. The summed E-state index contributed by atoms with van der Waals surface area (Å²) in [5.41, 5.74) is 7.86. The van der Waals surface area contributed by atoms with Gasteiger partial charge in [-0.05, 0) is 24.3 Å². The largest absolute Gasteiger partial charge is 0.507 e. The predicted molar refractivity (Wildman–Crippen MR) is 110 cm³/mol. The van der Waals surface area contributed by atoms with Gasteiger partial charge in [-0.1, -0.05) is 26.0 Å². The molecular formula is C21H22N4O4. The molecule has 0 aliphatic carbocycles. The summed E-state index contributed by atoms with van der Waals surface area (Å²) in [5.74, 6) is -0.539. The third-order valence-electron chi connectivity index (χ3n) is 4.43. The van der Waals surface area contributed by atoms with E-state index >= 15 is 0 Å². The average Bonchev–Trinajstić information content (AvgIpc) is 3.18. The number of benzene rings is 2. The van der Waals surface area contributed by atoms with Crippen molar-refractivity contribution in [2.45, 2.75) is 26.3 Å². The summed E-state index contributed by atoms with van der Waals surface area (Å²) in [5, 5.41) is 30.5. The molecule has 150 valence electrons. The third kappa shape index (κ3) is 4.21. The number of nitrogens with zero attached hydrogens (tertiary/aromatic N) is 1. The van der Waals surface area contributed by atoms with E-state index in [0.717, 1.165) is 0 Å². The van der Waals surface area contributed by atoms with E-state index in [2.05, 4.69) is 10.3 Å². The smallest absolute Gasteiger partial charge is 0.354 e. The molecule has 8 heteroatoms. The first-order valence-corrected chi connectivity index (χ1v) is 9.00. The minimum atomic E-state index is -1.35. The summed E-state index contributed by atoms with van der Waals surface area (Å²) in [6, 6.07) is 10.1. The Morgan fingerprint density at radius 3 is 2.72 bits per heavy atom. The van der Waals surface area contributed by atoms with E-state index in [4.69, 9.17) is 20.7 Å². The molecule has 3 rings (SSSR count). The standard InChI is InChI=1S/C21H22N4O4/c1-11(2)20-25-17(10-29-20)14-5-3-4-12(19(14)26)9-24-13-6-7-16(22)15(8-13)18(23)21(27)28/h3-8,10-11,23-24,26H,9,22H2,1-2H3,(H,27,28). The van der Waals surface area contributed by atoms with Crippen molar-refractivity contribution in [3.8, 4) is 17.0 Å². The molecule has 0 atom stereocenters. The molecule has 6 N–H and O–H groups in total. The number of aromatic nitrogens is 1. The fourth-order valence-corrected chi connectivity index (χ4v) is 2.81. The second kappa shape index (κ2) is 8.05. The van der Waals surface area contributed by atoms with Crippen LogP contribution < -0.4 is 11.1 Å². The zero-order valence-corrected chi connectivity index (χ0v) is 16.1. The van der Waals surface area contributed by atoms with E-state index in [1.807, 2.05) is 19.9 Å². The quantitative estimate of drug-likeness (QED) is 0.302. The Labute approximate surface area is 167 Å². The molecule has 0 spiro atoms. The molecule has 0 bridgehead atoms. The van der Waals surface area contributed by atoms with Crippen molar-refractivity contribution in [1.82, 2.24) is 4.98 Å². The van der Waals surface area contributed by atoms with Crippen LogP contribution >= 0.6 is 0 Å². The van der Waals surface area contributed by atoms with E-state index in [1.54, 1.807) is 18.2 Å². The highest BCUT2D eigenvalue weighted by Gasteiger charge is 2.16. The number of nitrogens with two attached hydrogens (primary N) is 1. The second-order valence-electron chi connectivity index (χ2n) is 6.87. The van der Waals surface area contributed by atoms with Crippen molar-refractivity contribution in [2.24, 2.45) is 0 Å². The minimum Gasteiger partial charge on any atom is -0.507 e. The van der Waals surface area contributed by atoms with Crippen LogP contribution in [0.1, 0.15) is 36.8 Å². The molecule has 0 saturated carbocycles. The number of nitrogens with one attached hydrogen (secondary N) is 2. The second-order valence-corrected chi connectivity index (χ2v) is 6.87. The molecule has 0 unspecified atom stereocenters. The van der Waals surface area contributed by atoms with Gasteiger partial charge in [-0.2, -0.15) is 0 Å². The molecule has 0 radical (unpaired) electrons. The van der Waals surface area contributed by atoms with Gasteiger partial charge in [0.05, 0.1) is 0 Å². The number of oxazole rings is 1. The summed E-state index contributed by atoms with van der Waals surface area (Å²) in [7, 11) is 0. The first kappa shape index (κ1) is 19.9. The first-order chi connectivity index (χ1) is 13.8. The number of aliphatic carboxylic acids is 1. The lowest BCUT2D eigenvalue weighted by Crippen LogP contribution is -2.15. The number of carboxylic acid groups (broad SMARTS) is 1. The lowest BCUT2D eigenvalue weighted by molar-refractivity contribution is -0.129. The van der Waals surface area contributed by atoms with E-state index in [-0.39, 0.29) is 29.5 Å². The highest BCUT2D eigenvalue weighted by molar-refractivity contribution is 6.42. The van der Waals surface area contributed by atoms with Gasteiger partial charge in [0.15, 0.2) is 5.89 Å². The number of phenolic OH excluding ortho intramolecular Hbond substituents is 1. The highest BCUT2D eigenvalue weighted by Crippen LogP contribution is 2.33. The van der Waals surface area contributed by atoms with Crippen LogP contribution in [0, 0.1) is 5.41 Å². The molecule has 0 fully saturated rings. The molecule has 0 amide bonds. The lowest BCUT2D eigenvalue weighted by Gasteiger charge is -2.12. The van der Waals surface area contributed by atoms with E-state index < -0.39 is 11.7 Å². The van der Waals surface area contributed by atoms with Crippen molar-refractivity contribution in [3.63, 3.8) is 0 Å². The molecule has 1 heterocycles. The molecule has 0 saturated heterocycles. The molecule has 0 aliphatic heterocycles. The van der Waals surface area contributed by atoms with Crippen LogP contribution in [0.4, 0.5) is 11.4 Å². The van der Waals surface area contributed by atoms with Gasteiger partial charge in [-0.25, -0.2) is 9.78 Å². The molecule has 1 aromatic heterocycles. The van der Waals surface area contributed by atoms with Crippen LogP contribution in [0.5, 0.6) is 5.75 Å². The van der Waals surface area contributed by atoms with Crippen LogP contribution in [0.15, 0.2) is 47.1 Å². The lowest BCUT2D eigenvalue weighted by atomic mass is 10.1. The van der Waals surface area contributed by atoms with Crippen LogP contribution in [0.25, 0.3) is 11.3 Å². The zero-order valence-electron chi connectivity index (χ0n) is 16.1. The fraction of sp³-hybridized carbons (Fsp3) is 0.190. The van der Waals surface area contributed by atoms with Gasteiger partial charge < -0.3 is 25.7 Å². The van der Waals surface area contributed by atoms with Gasteiger partial charge in [-0.3, -0.25) is 5.41 Å². The van der Waals surface area contributed by atoms with E-state index in [0.29, 0.717) is 28.4 Å². The molecule has 8 nitrogen and oxygen atoms in total. The summed E-state index contributed by atoms with van der Waals surface area (Å²) >= 11 is 0. The number of hydrogen-bond acceptors (Lipinski definition) is 7. The number of phenols is 1. The maximum atomic E-state index is 11.1. The number of carboxylic acids is 1. The van der Waals surface area contributed by atoms with E-state index in [9.17, 15) is 9.90 Å². The van der Waals surface area contributed by atoms with Gasteiger partial charge in [0, 0.05) is 40.5 Å². The number of hydrogen-bond donors (Lipinski definition) is 5. The van der Waals surface area contributed by atoms with Crippen molar-refractivity contribution in [2.75, 3.05) is 11.1 Å². The van der Waals surface area contributed by atoms with Crippen molar-refractivity contribution >= 4 is 23.1 Å². The van der Waals surface area contributed by atoms with Crippen LogP contribution in [0.3, 0.4) is 0 Å². The Hall–Kier alpha value is -3.81.